The molecule has 1 aliphatic rings. The van der Waals surface area contributed by atoms with Crippen LogP contribution in [0, 0.1) is 0 Å². The highest BCUT2D eigenvalue weighted by Crippen LogP contribution is 2.40. The van der Waals surface area contributed by atoms with Crippen LogP contribution >= 0.6 is 0 Å². The summed E-state index contributed by atoms with van der Waals surface area (Å²) < 4.78 is 28.4. The monoisotopic (exact) mass is 551 g/mol. The third-order valence-corrected chi connectivity index (χ3v) is 6.54. The highest BCUT2D eigenvalue weighted by Gasteiger charge is 2.22. The van der Waals surface area contributed by atoms with Gasteiger partial charge >= 0.3 is 18.0 Å². The lowest BCUT2D eigenvalue weighted by Gasteiger charge is -2.19. The number of benzene rings is 2. The normalized spacial score (nSPS) is 12.1. The van der Waals surface area contributed by atoms with Crippen molar-refractivity contribution in [1.82, 2.24) is 14.5 Å². The second-order valence-electron chi connectivity index (χ2n) is 9.06. The van der Waals surface area contributed by atoms with Crippen molar-refractivity contribution in [2.45, 2.75) is 12.8 Å². The molecule has 13 heteroatoms. The van der Waals surface area contributed by atoms with Gasteiger partial charge in [0.2, 0.25) is 6.79 Å². The van der Waals surface area contributed by atoms with Crippen molar-refractivity contribution in [2.75, 3.05) is 34.1 Å². The van der Waals surface area contributed by atoms with Gasteiger partial charge in [-0.05, 0) is 18.2 Å². The SMILES string of the molecule is COc1cc2c(cc1OC(=O)N(C)CCOC(=O)CCC(=O)O)c(=O)n(C)c1c3cc4c(cc3ncc21)OCO4. The Morgan fingerprint density at radius 1 is 1.02 bits per heavy atom. The first-order chi connectivity index (χ1) is 19.2. The van der Waals surface area contributed by atoms with Crippen LogP contribution in [0.1, 0.15) is 12.8 Å². The third-order valence-electron chi connectivity index (χ3n) is 6.54. The zero-order valence-electron chi connectivity index (χ0n) is 21.9. The molecule has 0 aliphatic carbocycles. The topological polar surface area (TPSA) is 156 Å². The fraction of sp³-hybridized carbons (Fsp3) is 0.296. The highest BCUT2D eigenvalue weighted by molar-refractivity contribution is 6.15. The molecule has 4 aromatic rings. The molecule has 0 radical (unpaired) electrons. The molecule has 2 aromatic heterocycles. The van der Waals surface area contributed by atoms with Crippen molar-refractivity contribution in [3.63, 3.8) is 0 Å². The molecule has 2 aromatic carbocycles. The van der Waals surface area contributed by atoms with Crippen LogP contribution in [0.25, 0.3) is 32.6 Å². The number of hydrogen-bond donors (Lipinski definition) is 1. The molecule has 5 rings (SSSR count). The molecular weight excluding hydrogens is 526 g/mol. The summed E-state index contributed by atoms with van der Waals surface area (Å²) in [6.07, 6.45) is 0.279. The molecule has 1 aliphatic heterocycles. The van der Waals surface area contributed by atoms with Crippen LogP contribution in [0.15, 0.2) is 35.3 Å². The Kier molecular flexibility index (Phi) is 7.03. The number of aliphatic carboxylic acids is 1. The number of carboxylic acid groups (broad SMARTS) is 1. The van der Waals surface area contributed by atoms with Gasteiger partial charge in [0.25, 0.3) is 5.56 Å². The fourth-order valence-corrected chi connectivity index (χ4v) is 4.45. The van der Waals surface area contributed by atoms with Gasteiger partial charge < -0.3 is 38.3 Å². The number of esters is 1. The van der Waals surface area contributed by atoms with E-state index in [1.807, 2.05) is 0 Å². The van der Waals surface area contributed by atoms with Gasteiger partial charge in [-0.1, -0.05) is 0 Å². The van der Waals surface area contributed by atoms with E-state index < -0.39 is 18.0 Å². The summed E-state index contributed by atoms with van der Waals surface area (Å²) >= 11 is 0. The summed E-state index contributed by atoms with van der Waals surface area (Å²) in [6.45, 7) is -0.0405. The summed E-state index contributed by atoms with van der Waals surface area (Å²) in [7, 11) is 4.50. The number of carbonyl (C=O) groups is 3. The number of methoxy groups -OCH3 is 1. The lowest BCUT2D eigenvalue weighted by molar-refractivity contribution is -0.147. The molecule has 0 saturated heterocycles. The Balaban J connectivity index is 1.44. The second kappa shape index (κ2) is 10.6. The number of rotatable bonds is 8. The quantitative estimate of drug-likeness (QED) is 0.254. The van der Waals surface area contributed by atoms with Crippen molar-refractivity contribution in [3.8, 4) is 23.0 Å². The van der Waals surface area contributed by atoms with E-state index >= 15 is 0 Å². The molecule has 0 unspecified atom stereocenters. The van der Waals surface area contributed by atoms with E-state index in [0.29, 0.717) is 38.7 Å². The molecule has 1 N–H and O–H groups in total. The number of aromatic nitrogens is 2. The molecular formula is C27H25N3O10. The van der Waals surface area contributed by atoms with Crippen molar-refractivity contribution in [2.24, 2.45) is 7.05 Å². The van der Waals surface area contributed by atoms with Crippen LogP contribution in [-0.4, -0.2) is 71.7 Å². The Morgan fingerprint density at radius 3 is 2.48 bits per heavy atom. The summed E-state index contributed by atoms with van der Waals surface area (Å²) in [4.78, 5) is 54.1. The predicted octanol–water partition coefficient (Wildman–Crippen LogP) is 2.82. The van der Waals surface area contributed by atoms with E-state index in [4.69, 9.17) is 28.8 Å². The van der Waals surface area contributed by atoms with Gasteiger partial charge in [0.05, 0.1) is 42.9 Å². The number of carbonyl (C=O) groups excluding carboxylic acids is 2. The molecule has 0 fully saturated rings. The third kappa shape index (κ3) is 4.88. The molecule has 0 bridgehead atoms. The minimum absolute atomic E-state index is 0.00283. The average Bonchev–Trinajstić information content (AvgIpc) is 3.40. The number of likely N-dealkylation sites (N-methyl/N-ethyl adjacent to an activating group) is 1. The Hall–Kier alpha value is -5.07. The largest absolute Gasteiger partial charge is 0.493 e. The zero-order valence-corrected chi connectivity index (χ0v) is 21.9. The van der Waals surface area contributed by atoms with E-state index in [2.05, 4.69) is 4.98 Å². The smallest absolute Gasteiger partial charge is 0.415 e. The number of pyridine rings is 2. The minimum Gasteiger partial charge on any atom is -0.493 e. The maximum absolute atomic E-state index is 13.5. The Bertz CT molecular complexity index is 1750. The van der Waals surface area contributed by atoms with Crippen LogP contribution in [0.5, 0.6) is 23.0 Å². The summed E-state index contributed by atoms with van der Waals surface area (Å²) in [6, 6.07) is 6.62. The first kappa shape index (κ1) is 26.5. The number of carboxylic acids is 1. The lowest BCUT2D eigenvalue weighted by Crippen LogP contribution is -2.33. The number of fused-ring (bicyclic) bond motifs is 6. The first-order valence-corrected chi connectivity index (χ1v) is 12.2. The van der Waals surface area contributed by atoms with Crippen LogP contribution < -0.4 is 24.5 Å². The lowest BCUT2D eigenvalue weighted by atomic mass is 10.0. The number of nitrogens with zero attached hydrogens (tertiary/aromatic N) is 3. The number of ether oxygens (including phenoxy) is 5. The van der Waals surface area contributed by atoms with E-state index in [0.717, 1.165) is 0 Å². The molecule has 1 amide bonds. The standard InChI is InChI=1S/C27H25N3O10/c1-29(6-7-37-24(33)5-4-23(31)32)27(35)40-22-9-15-14(8-19(22)36-3)17-12-28-18-11-21-20(38-13-39-21)10-16(18)25(17)30(2)26(15)34/h8-12H,4-7,13H2,1-3H3,(H,31,32). The minimum atomic E-state index is -1.11. The molecule has 0 saturated carbocycles. The second-order valence-corrected chi connectivity index (χ2v) is 9.06. The average molecular weight is 552 g/mol. The maximum Gasteiger partial charge on any atom is 0.415 e. The van der Waals surface area contributed by atoms with Crippen LogP contribution in [0.3, 0.4) is 0 Å². The van der Waals surface area contributed by atoms with E-state index in [-0.39, 0.29) is 55.2 Å². The summed E-state index contributed by atoms with van der Waals surface area (Å²) in [5.74, 6) is -0.403. The van der Waals surface area contributed by atoms with Crippen LogP contribution in [0.2, 0.25) is 0 Å². The van der Waals surface area contributed by atoms with Gasteiger partial charge in [-0.3, -0.25) is 19.4 Å². The number of aryl methyl sites for hydroxylation is 1. The van der Waals surface area contributed by atoms with Gasteiger partial charge in [-0.2, -0.15) is 0 Å². The van der Waals surface area contributed by atoms with E-state index in [1.54, 1.807) is 31.4 Å². The molecule has 3 heterocycles. The molecule has 13 nitrogen and oxygen atoms in total. The van der Waals surface area contributed by atoms with Crippen molar-refractivity contribution in [3.05, 3.63) is 40.8 Å². The van der Waals surface area contributed by atoms with Gasteiger partial charge in [-0.25, -0.2) is 4.79 Å². The number of hydrogen-bond acceptors (Lipinski definition) is 10. The fourth-order valence-electron chi connectivity index (χ4n) is 4.45. The predicted molar refractivity (Wildman–Crippen MR) is 141 cm³/mol. The number of amides is 1. The van der Waals surface area contributed by atoms with E-state index in [9.17, 15) is 19.2 Å². The van der Waals surface area contributed by atoms with E-state index in [1.165, 1.54) is 29.7 Å². The summed E-state index contributed by atoms with van der Waals surface area (Å²) in [5.41, 5.74) is 0.957. The maximum atomic E-state index is 13.5. The van der Waals surface area contributed by atoms with Crippen molar-refractivity contribution in [1.29, 1.82) is 0 Å². The van der Waals surface area contributed by atoms with Crippen LogP contribution in [-0.2, 0) is 21.4 Å². The van der Waals surface area contributed by atoms with Gasteiger partial charge in [0, 0.05) is 42.5 Å². The molecule has 0 spiro atoms. The Morgan fingerprint density at radius 2 is 1.75 bits per heavy atom. The van der Waals surface area contributed by atoms with Gasteiger partial charge in [-0.15, -0.1) is 0 Å². The molecule has 40 heavy (non-hydrogen) atoms. The summed E-state index contributed by atoms with van der Waals surface area (Å²) in [5, 5.41) is 10.9. The van der Waals surface area contributed by atoms with Gasteiger partial charge in [0.15, 0.2) is 23.0 Å². The van der Waals surface area contributed by atoms with Gasteiger partial charge in [0.1, 0.15) is 6.61 Å². The van der Waals surface area contributed by atoms with Crippen molar-refractivity contribution >= 4 is 50.6 Å². The van der Waals surface area contributed by atoms with Crippen molar-refractivity contribution < 1.29 is 43.2 Å². The Labute approximate surface area is 226 Å². The zero-order chi connectivity index (χ0) is 28.6. The molecule has 0 atom stereocenters. The molecule has 208 valence electrons. The first-order valence-electron chi connectivity index (χ1n) is 12.2. The highest BCUT2D eigenvalue weighted by atomic mass is 16.7. The van der Waals surface area contributed by atoms with Crippen LogP contribution in [0.4, 0.5) is 4.79 Å².